The van der Waals surface area contributed by atoms with Crippen molar-refractivity contribution in [1.29, 1.82) is 0 Å². The van der Waals surface area contributed by atoms with Crippen molar-refractivity contribution in [2.75, 3.05) is 20.1 Å². The van der Waals surface area contributed by atoms with E-state index in [-0.39, 0.29) is 0 Å². The van der Waals surface area contributed by atoms with Gasteiger partial charge in [-0.2, -0.15) is 0 Å². The fraction of sp³-hybridized carbons (Fsp3) is 1.00. The molecule has 0 aliphatic carbocycles. The van der Waals surface area contributed by atoms with Gasteiger partial charge in [0.1, 0.15) is 0 Å². The molecule has 0 heterocycles. The number of hydrogen-bond donors (Lipinski definition) is 1. The Morgan fingerprint density at radius 2 is 1.59 bits per heavy atom. The molecule has 0 aromatic rings. The summed E-state index contributed by atoms with van der Waals surface area (Å²) in [6, 6.07) is 1.34. The van der Waals surface area contributed by atoms with Gasteiger partial charge in [0.25, 0.3) is 0 Å². The van der Waals surface area contributed by atoms with Crippen LogP contribution in [0.5, 0.6) is 0 Å². The molecule has 0 saturated carbocycles. The lowest BCUT2D eigenvalue weighted by molar-refractivity contribution is 0.137. The van der Waals surface area contributed by atoms with E-state index in [1.54, 1.807) is 0 Å². The Morgan fingerprint density at radius 1 is 1.00 bits per heavy atom. The highest BCUT2D eigenvalue weighted by molar-refractivity contribution is 4.77. The number of rotatable bonds is 9. The molecule has 0 amide bonds. The normalized spacial score (nSPS) is 15.9. The third-order valence-corrected chi connectivity index (χ3v) is 3.74. The highest BCUT2D eigenvalue weighted by atomic mass is 15.2. The predicted molar refractivity (Wildman–Crippen MR) is 78.5 cm³/mol. The molecular weight excluding hydrogens is 208 g/mol. The van der Waals surface area contributed by atoms with Crippen molar-refractivity contribution in [1.82, 2.24) is 10.2 Å². The molecule has 2 heteroatoms. The smallest absolute Gasteiger partial charge is 0.0220 e. The van der Waals surface area contributed by atoms with E-state index in [0.717, 1.165) is 24.9 Å². The summed E-state index contributed by atoms with van der Waals surface area (Å²) in [5, 5.41) is 3.60. The Hall–Kier alpha value is -0.0800. The van der Waals surface area contributed by atoms with Gasteiger partial charge in [0.05, 0.1) is 0 Å². The molecule has 0 aliphatic rings. The molecule has 0 fully saturated rings. The SMILES string of the molecule is CCCC(CNCC(C)C)N(C)C(C)C(C)C. The van der Waals surface area contributed by atoms with Crippen LogP contribution in [0, 0.1) is 11.8 Å². The first-order valence-electron chi connectivity index (χ1n) is 7.32. The van der Waals surface area contributed by atoms with Crippen LogP contribution in [0.25, 0.3) is 0 Å². The predicted octanol–water partition coefficient (Wildman–Crippen LogP) is 3.38. The van der Waals surface area contributed by atoms with Gasteiger partial charge in [0.2, 0.25) is 0 Å². The quantitative estimate of drug-likeness (QED) is 0.667. The molecule has 0 saturated heterocycles. The van der Waals surface area contributed by atoms with Gasteiger partial charge in [-0.15, -0.1) is 0 Å². The minimum Gasteiger partial charge on any atom is -0.315 e. The van der Waals surface area contributed by atoms with Crippen molar-refractivity contribution >= 4 is 0 Å². The van der Waals surface area contributed by atoms with Gasteiger partial charge in [-0.05, 0) is 38.8 Å². The molecule has 104 valence electrons. The van der Waals surface area contributed by atoms with Gasteiger partial charge < -0.3 is 5.32 Å². The zero-order valence-electron chi connectivity index (χ0n) is 13.1. The Labute approximate surface area is 109 Å². The molecule has 0 bridgehead atoms. The average Bonchev–Trinajstić information content (AvgIpc) is 2.25. The van der Waals surface area contributed by atoms with Crippen LogP contribution in [0.1, 0.15) is 54.4 Å². The highest BCUT2D eigenvalue weighted by Gasteiger charge is 2.20. The van der Waals surface area contributed by atoms with Crippen LogP contribution < -0.4 is 5.32 Å². The van der Waals surface area contributed by atoms with Crippen molar-refractivity contribution in [3.8, 4) is 0 Å². The lowest BCUT2D eigenvalue weighted by Crippen LogP contribution is -2.46. The summed E-state index contributed by atoms with van der Waals surface area (Å²) in [6.45, 7) is 16.0. The van der Waals surface area contributed by atoms with Gasteiger partial charge in [-0.3, -0.25) is 4.90 Å². The Balaban J connectivity index is 4.20. The molecule has 0 rings (SSSR count). The van der Waals surface area contributed by atoms with Gasteiger partial charge in [-0.25, -0.2) is 0 Å². The molecule has 17 heavy (non-hydrogen) atoms. The van der Waals surface area contributed by atoms with Crippen LogP contribution >= 0.6 is 0 Å². The minimum absolute atomic E-state index is 0.660. The molecule has 0 aromatic carbocycles. The lowest BCUT2D eigenvalue weighted by Gasteiger charge is -2.35. The Bertz CT molecular complexity index is 178. The summed E-state index contributed by atoms with van der Waals surface area (Å²) < 4.78 is 0. The average molecular weight is 242 g/mol. The third-order valence-electron chi connectivity index (χ3n) is 3.74. The van der Waals surface area contributed by atoms with Crippen LogP contribution in [0.3, 0.4) is 0 Å². The summed E-state index contributed by atoms with van der Waals surface area (Å²) >= 11 is 0. The molecule has 0 aliphatic heterocycles. The fourth-order valence-corrected chi connectivity index (χ4v) is 2.12. The van der Waals surface area contributed by atoms with E-state index in [0.29, 0.717) is 12.1 Å². The summed E-state index contributed by atoms with van der Waals surface area (Å²) in [7, 11) is 2.28. The minimum atomic E-state index is 0.660. The zero-order valence-corrected chi connectivity index (χ0v) is 13.1. The van der Waals surface area contributed by atoms with Crippen LogP contribution in [0.4, 0.5) is 0 Å². The van der Waals surface area contributed by atoms with Gasteiger partial charge in [0, 0.05) is 18.6 Å². The van der Waals surface area contributed by atoms with E-state index in [4.69, 9.17) is 0 Å². The Morgan fingerprint density at radius 3 is 2.00 bits per heavy atom. The number of likely N-dealkylation sites (N-methyl/N-ethyl adjacent to an activating group) is 1. The number of nitrogens with zero attached hydrogens (tertiary/aromatic N) is 1. The van der Waals surface area contributed by atoms with Crippen molar-refractivity contribution in [2.24, 2.45) is 11.8 Å². The maximum absolute atomic E-state index is 3.60. The van der Waals surface area contributed by atoms with Gasteiger partial charge in [-0.1, -0.05) is 41.0 Å². The van der Waals surface area contributed by atoms with Crippen LogP contribution in [-0.4, -0.2) is 37.1 Å². The van der Waals surface area contributed by atoms with E-state index in [1.165, 1.54) is 12.8 Å². The summed E-state index contributed by atoms with van der Waals surface area (Å²) in [5.74, 6) is 1.47. The van der Waals surface area contributed by atoms with Crippen molar-refractivity contribution in [2.45, 2.75) is 66.5 Å². The monoisotopic (exact) mass is 242 g/mol. The second-order valence-electron chi connectivity index (χ2n) is 6.14. The van der Waals surface area contributed by atoms with Crippen LogP contribution in [-0.2, 0) is 0 Å². The van der Waals surface area contributed by atoms with Crippen molar-refractivity contribution < 1.29 is 0 Å². The second kappa shape index (κ2) is 8.93. The largest absolute Gasteiger partial charge is 0.315 e. The van der Waals surface area contributed by atoms with E-state index < -0.39 is 0 Å². The summed E-state index contributed by atoms with van der Waals surface area (Å²) in [4.78, 5) is 2.56. The van der Waals surface area contributed by atoms with Gasteiger partial charge >= 0.3 is 0 Å². The van der Waals surface area contributed by atoms with Gasteiger partial charge in [0.15, 0.2) is 0 Å². The number of hydrogen-bond acceptors (Lipinski definition) is 2. The Kier molecular flexibility index (Phi) is 8.89. The lowest BCUT2D eigenvalue weighted by atomic mass is 10.0. The maximum atomic E-state index is 3.60. The van der Waals surface area contributed by atoms with E-state index in [2.05, 4.69) is 58.8 Å². The number of nitrogens with one attached hydrogen (secondary N) is 1. The van der Waals surface area contributed by atoms with E-state index >= 15 is 0 Å². The first-order valence-corrected chi connectivity index (χ1v) is 7.32. The summed E-state index contributed by atoms with van der Waals surface area (Å²) in [6.07, 6.45) is 2.56. The first kappa shape index (κ1) is 16.9. The third kappa shape index (κ3) is 7.05. The maximum Gasteiger partial charge on any atom is 0.0220 e. The van der Waals surface area contributed by atoms with Crippen molar-refractivity contribution in [3.63, 3.8) is 0 Å². The van der Waals surface area contributed by atoms with E-state index in [1.807, 2.05) is 0 Å². The molecule has 2 unspecified atom stereocenters. The van der Waals surface area contributed by atoms with E-state index in [9.17, 15) is 0 Å². The molecule has 1 N–H and O–H groups in total. The van der Waals surface area contributed by atoms with Crippen LogP contribution in [0.2, 0.25) is 0 Å². The molecule has 2 atom stereocenters. The highest BCUT2D eigenvalue weighted by Crippen LogP contribution is 2.14. The molecule has 0 aromatic heterocycles. The van der Waals surface area contributed by atoms with Crippen LogP contribution in [0.15, 0.2) is 0 Å². The molecular formula is C15H34N2. The standard InChI is InChI=1S/C15H34N2/c1-8-9-15(11-16-10-12(2)3)17(7)14(6)13(4)5/h12-16H,8-11H2,1-7H3. The molecule has 2 nitrogen and oxygen atoms in total. The zero-order chi connectivity index (χ0) is 13.4. The first-order chi connectivity index (χ1) is 7.90. The van der Waals surface area contributed by atoms with Crippen molar-refractivity contribution in [3.05, 3.63) is 0 Å². The summed E-state index contributed by atoms with van der Waals surface area (Å²) in [5.41, 5.74) is 0. The fourth-order valence-electron chi connectivity index (χ4n) is 2.12. The molecule has 0 spiro atoms. The molecule has 0 radical (unpaired) electrons. The second-order valence-corrected chi connectivity index (χ2v) is 6.14. The topological polar surface area (TPSA) is 15.3 Å².